The quantitative estimate of drug-likeness (QED) is 0.696. The molecule has 3 nitrogen and oxygen atoms in total. The molecule has 1 rings (SSSR count). The van der Waals surface area contributed by atoms with E-state index in [1.165, 1.54) is 0 Å². The Kier molecular flexibility index (Phi) is 3.77. The summed E-state index contributed by atoms with van der Waals surface area (Å²) < 4.78 is 0. The third kappa shape index (κ3) is 3.49. The number of carbonyl (C=O) groups excluding carboxylic acids is 1. The summed E-state index contributed by atoms with van der Waals surface area (Å²) in [6, 6.07) is 0.155. The zero-order valence-electron chi connectivity index (χ0n) is 10.2. The topological polar surface area (TPSA) is 49.3 Å². The average Bonchev–Trinajstić information content (AvgIpc) is 2.10. The lowest BCUT2D eigenvalue weighted by Crippen LogP contribution is -2.46. The van der Waals surface area contributed by atoms with Crippen LogP contribution in [0.25, 0.3) is 0 Å². The molecule has 1 saturated carbocycles. The van der Waals surface area contributed by atoms with Gasteiger partial charge >= 0.3 is 0 Å². The van der Waals surface area contributed by atoms with Crippen LogP contribution in [0.3, 0.4) is 0 Å². The van der Waals surface area contributed by atoms with Gasteiger partial charge in [-0.2, -0.15) is 0 Å². The summed E-state index contributed by atoms with van der Waals surface area (Å²) in [7, 11) is 0. The van der Waals surface area contributed by atoms with Gasteiger partial charge in [-0.1, -0.05) is 27.7 Å². The lowest BCUT2D eigenvalue weighted by atomic mass is 9.84. The van der Waals surface area contributed by atoms with Crippen LogP contribution in [0.5, 0.6) is 0 Å². The number of amides is 1. The number of aliphatic hydroxyl groups is 1. The summed E-state index contributed by atoms with van der Waals surface area (Å²) >= 11 is 0. The number of nitrogens with one attached hydrogen (secondary N) is 1. The van der Waals surface area contributed by atoms with E-state index < -0.39 is 0 Å². The zero-order valence-corrected chi connectivity index (χ0v) is 10.2. The van der Waals surface area contributed by atoms with Crippen molar-refractivity contribution in [3.05, 3.63) is 0 Å². The minimum Gasteiger partial charge on any atom is -0.393 e. The number of hydrogen-bond acceptors (Lipinski definition) is 2. The maximum absolute atomic E-state index is 11.7. The van der Waals surface area contributed by atoms with Crippen molar-refractivity contribution < 1.29 is 9.90 Å². The second-order valence-corrected chi connectivity index (χ2v) is 5.78. The number of rotatable bonds is 1. The fourth-order valence-electron chi connectivity index (χ4n) is 1.83. The highest BCUT2D eigenvalue weighted by atomic mass is 16.3. The molecule has 0 aromatic rings. The van der Waals surface area contributed by atoms with E-state index in [1.807, 2.05) is 20.8 Å². The molecule has 3 heteroatoms. The van der Waals surface area contributed by atoms with Crippen molar-refractivity contribution in [1.82, 2.24) is 5.32 Å². The van der Waals surface area contributed by atoms with Crippen molar-refractivity contribution in [3.63, 3.8) is 0 Å². The minimum absolute atomic E-state index is 0.0780. The van der Waals surface area contributed by atoms with Crippen LogP contribution in [0, 0.1) is 11.3 Å². The van der Waals surface area contributed by atoms with Crippen molar-refractivity contribution in [2.24, 2.45) is 11.3 Å². The van der Waals surface area contributed by atoms with Crippen LogP contribution in [0.2, 0.25) is 0 Å². The summed E-state index contributed by atoms with van der Waals surface area (Å²) in [6.45, 7) is 7.78. The first-order valence-electron chi connectivity index (χ1n) is 5.79. The first kappa shape index (κ1) is 12.5. The molecule has 0 aromatic carbocycles. The van der Waals surface area contributed by atoms with Crippen LogP contribution >= 0.6 is 0 Å². The molecule has 0 unspecified atom stereocenters. The van der Waals surface area contributed by atoms with Crippen molar-refractivity contribution in [3.8, 4) is 0 Å². The third-order valence-corrected chi connectivity index (χ3v) is 3.17. The maximum Gasteiger partial charge on any atom is 0.225 e. The lowest BCUT2D eigenvalue weighted by molar-refractivity contribution is -0.129. The summed E-state index contributed by atoms with van der Waals surface area (Å²) in [5, 5.41) is 12.7. The molecule has 15 heavy (non-hydrogen) atoms. The van der Waals surface area contributed by atoms with E-state index in [9.17, 15) is 9.90 Å². The maximum atomic E-state index is 11.7. The van der Waals surface area contributed by atoms with E-state index >= 15 is 0 Å². The van der Waals surface area contributed by atoms with Crippen LogP contribution in [-0.2, 0) is 4.79 Å². The highest BCUT2D eigenvalue weighted by Crippen LogP contribution is 2.25. The fourth-order valence-corrected chi connectivity index (χ4v) is 1.83. The molecular weight excluding hydrogens is 190 g/mol. The third-order valence-electron chi connectivity index (χ3n) is 3.17. The monoisotopic (exact) mass is 213 g/mol. The molecule has 1 fully saturated rings. The first-order valence-corrected chi connectivity index (χ1v) is 5.79. The zero-order chi connectivity index (χ0) is 11.6. The Morgan fingerprint density at radius 1 is 1.33 bits per heavy atom. The predicted octanol–water partition coefficient (Wildman–Crippen LogP) is 1.70. The molecule has 0 radical (unpaired) electrons. The standard InChI is InChI=1S/C12H23NO2/c1-8-5-6-9(7-10(8)14)13-11(15)12(2,3)4/h8-10,14H,5-7H2,1-4H3,(H,13,15)/t8-,9-,10-/m0/s1. The van der Waals surface area contributed by atoms with E-state index in [1.54, 1.807) is 0 Å². The molecule has 0 aliphatic heterocycles. The molecule has 1 amide bonds. The molecule has 88 valence electrons. The van der Waals surface area contributed by atoms with Gasteiger partial charge in [0.05, 0.1) is 6.10 Å². The van der Waals surface area contributed by atoms with Crippen molar-refractivity contribution in [2.45, 2.75) is 59.1 Å². The van der Waals surface area contributed by atoms with Crippen LogP contribution in [0.15, 0.2) is 0 Å². The molecule has 3 atom stereocenters. The molecular formula is C12H23NO2. The molecule has 1 aliphatic carbocycles. The van der Waals surface area contributed by atoms with Crippen LogP contribution in [0.1, 0.15) is 47.0 Å². The fraction of sp³-hybridized carbons (Fsp3) is 0.917. The Morgan fingerprint density at radius 3 is 2.40 bits per heavy atom. The van der Waals surface area contributed by atoms with Gasteiger partial charge in [0.15, 0.2) is 0 Å². The SMILES string of the molecule is C[C@H]1CC[C@H](NC(=O)C(C)(C)C)C[C@@H]1O. The van der Waals surface area contributed by atoms with E-state index in [-0.39, 0.29) is 23.5 Å². The predicted molar refractivity (Wildman–Crippen MR) is 60.4 cm³/mol. The van der Waals surface area contributed by atoms with Gasteiger partial charge in [-0.15, -0.1) is 0 Å². The van der Waals surface area contributed by atoms with Crippen molar-refractivity contribution in [1.29, 1.82) is 0 Å². The van der Waals surface area contributed by atoms with Gasteiger partial charge < -0.3 is 10.4 Å². The van der Waals surface area contributed by atoms with Gasteiger partial charge in [0.1, 0.15) is 0 Å². The summed E-state index contributed by atoms with van der Waals surface area (Å²) in [5.41, 5.74) is -0.339. The van der Waals surface area contributed by atoms with Gasteiger partial charge in [-0.3, -0.25) is 4.79 Å². The average molecular weight is 213 g/mol. The van der Waals surface area contributed by atoms with Crippen molar-refractivity contribution in [2.75, 3.05) is 0 Å². The van der Waals surface area contributed by atoms with Gasteiger partial charge in [0.25, 0.3) is 0 Å². The van der Waals surface area contributed by atoms with Crippen LogP contribution < -0.4 is 5.32 Å². The van der Waals surface area contributed by atoms with E-state index in [0.29, 0.717) is 12.3 Å². The molecule has 2 N–H and O–H groups in total. The lowest BCUT2D eigenvalue weighted by Gasteiger charge is -2.33. The summed E-state index contributed by atoms with van der Waals surface area (Å²) in [5.74, 6) is 0.446. The molecule has 0 aromatic heterocycles. The number of carbonyl (C=O) groups is 1. The Bertz CT molecular complexity index is 232. The van der Waals surface area contributed by atoms with Gasteiger partial charge in [-0.25, -0.2) is 0 Å². The van der Waals surface area contributed by atoms with Crippen LogP contribution in [0.4, 0.5) is 0 Å². The molecule has 0 saturated heterocycles. The second-order valence-electron chi connectivity index (χ2n) is 5.78. The van der Waals surface area contributed by atoms with Crippen molar-refractivity contribution >= 4 is 5.91 Å². The van der Waals surface area contributed by atoms with Gasteiger partial charge in [0, 0.05) is 11.5 Å². The molecule has 0 bridgehead atoms. The molecule has 1 aliphatic rings. The highest BCUT2D eigenvalue weighted by molar-refractivity contribution is 5.81. The highest BCUT2D eigenvalue weighted by Gasteiger charge is 2.29. The Labute approximate surface area is 92.3 Å². The normalized spacial score (nSPS) is 32.5. The minimum atomic E-state index is -0.339. The largest absolute Gasteiger partial charge is 0.393 e. The van der Waals surface area contributed by atoms with Crippen LogP contribution in [-0.4, -0.2) is 23.2 Å². The molecule has 0 spiro atoms. The van der Waals surface area contributed by atoms with E-state index in [4.69, 9.17) is 0 Å². The Morgan fingerprint density at radius 2 is 1.93 bits per heavy atom. The first-order chi connectivity index (χ1) is 6.80. The number of aliphatic hydroxyl groups excluding tert-OH is 1. The number of hydrogen-bond donors (Lipinski definition) is 2. The Hall–Kier alpha value is -0.570. The van der Waals surface area contributed by atoms with E-state index in [2.05, 4.69) is 12.2 Å². The molecule has 0 heterocycles. The van der Waals surface area contributed by atoms with E-state index in [0.717, 1.165) is 12.8 Å². The Balaban J connectivity index is 2.44. The second kappa shape index (κ2) is 4.52. The van der Waals surface area contributed by atoms with Gasteiger partial charge in [-0.05, 0) is 25.2 Å². The summed E-state index contributed by atoms with van der Waals surface area (Å²) in [4.78, 5) is 11.7. The summed E-state index contributed by atoms with van der Waals surface area (Å²) in [6.07, 6.45) is 2.42. The van der Waals surface area contributed by atoms with Gasteiger partial charge in [0.2, 0.25) is 5.91 Å². The smallest absolute Gasteiger partial charge is 0.225 e.